The first-order valence-electron chi connectivity index (χ1n) is 7.45. The van der Waals surface area contributed by atoms with Gasteiger partial charge in [0, 0.05) is 5.56 Å². The van der Waals surface area contributed by atoms with Crippen molar-refractivity contribution in [2.24, 2.45) is 0 Å². The van der Waals surface area contributed by atoms with E-state index in [1.807, 2.05) is 0 Å². The quantitative estimate of drug-likeness (QED) is 0.746. The van der Waals surface area contributed by atoms with Gasteiger partial charge in [0.2, 0.25) is 15.9 Å². The minimum absolute atomic E-state index is 0.00432. The highest BCUT2D eigenvalue weighted by Gasteiger charge is 2.27. The van der Waals surface area contributed by atoms with E-state index in [9.17, 15) is 12.8 Å². The van der Waals surface area contributed by atoms with Crippen LogP contribution in [0.4, 0.5) is 4.39 Å². The zero-order valence-corrected chi connectivity index (χ0v) is 14.6. The van der Waals surface area contributed by atoms with Crippen LogP contribution in [0.25, 0.3) is 11.3 Å². The Labute approximate surface area is 143 Å². The number of aryl methyl sites for hydroxylation is 2. The first-order valence-corrected chi connectivity index (χ1v) is 8.93. The molecule has 7 nitrogen and oxygen atoms in total. The predicted octanol–water partition coefficient (Wildman–Crippen LogP) is 3.13. The van der Waals surface area contributed by atoms with Crippen molar-refractivity contribution in [1.82, 2.24) is 14.9 Å². The fraction of sp³-hybridized carbons (Fsp3) is 0.250. The molecular formula is C16H16FN3O4S. The summed E-state index contributed by atoms with van der Waals surface area (Å²) in [6.45, 7) is 4.68. The highest BCUT2D eigenvalue weighted by Crippen LogP contribution is 2.25. The molecule has 0 spiro atoms. The summed E-state index contributed by atoms with van der Waals surface area (Å²) in [5.41, 5.74) is 0.914. The van der Waals surface area contributed by atoms with Crippen molar-refractivity contribution in [2.75, 3.05) is 0 Å². The van der Waals surface area contributed by atoms with Crippen LogP contribution in [0, 0.1) is 19.7 Å². The number of aromatic nitrogens is 2. The van der Waals surface area contributed by atoms with E-state index in [1.165, 1.54) is 25.3 Å². The average molecular weight is 365 g/mol. The van der Waals surface area contributed by atoms with Crippen LogP contribution in [0.3, 0.4) is 0 Å². The summed E-state index contributed by atoms with van der Waals surface area (Å²) in [6, 6.07) is 5.01. The van der Waals surface area contributed by atoms with Gasteiger partial charge in [-0.05, 0) is 45.0 Å². The standard InChI is InChI=1S/C16H16FN3O4S/c1-9-15(11(3)24-19-9)25(21,22)20-10(2)16-18-8-14(23-16)12-4-6-13(17)7-5-12/h4-8,10,20H,1-3H3. The Balaban J connectivity index is 1.82. The van der Waals surface area contributed by atoms with Gasteiger partial charge in [-0.3, -0.25) is 0 Å². The second-order valence-corrected chi connectivity index (χ2v) is 7.22. The van der Waals surface area contributed by atoms with Crippen LogP contribution in [0.5, 0.6) is 0 Å². The van der Waals surface area contributed by atoms with E-state index in [4.69, 9.17) is 8.94 Å². The molecule has 25 heavy (non-hydrogen) atoms. The number of sulfonamides is 1. The van der Waals surface area contributed by atoms with E-state index < -0.39 is 16.1 Å². The summed E-state index contributed by atoms with van der Waals surface area (Å²) >= 11 is 0. The van der Waals surface area contributed by atoms with Crippen molar-refractivity contribution in [3.63, 3.8) is 0 Å². The fourth-order valence-corrected chi connectivity index (χ4v) is 3.96. The Morgan fingerprint density at radius 2 is 1.88 bits per heavy atom. The number of halogens is 1. The van der Waals surface area contributed by atoms with Crippen molar-refractivity contribution >= 4 is 10.0 Å². The summed E-state index contributed by atoms with van der Waals surface area (Å²) in [5, 5.41) is 3.65. The highest BCUT2D eigenvalue weighted by molar-refractivity contribution is 7.89. The molecule has 0 bridgehead atoms. The lowest BCUT2D eigenvalue weighted by Gasteiger charge is -2.10. The maximum Gasteiger partial charge on any atom is 0.246 e. The Hall–Kier alpha value is -2.52. The van der Waals surface area contributed by atoms with Gasteiger partial charge in [-0.1, -0.05) is 5.16 Å². The van der Waals surface area contributed by atoms with E-state index in [0.29, 0.717) is 11.3 Å². The van der Waals surface area contributed by atoms with Gasteiger partial charge in [0.15, 0.2) is 11.5 Å². The summed E-state index contributed by atoms with van der Waals surface area (Å²) in [5.74, 6) is 0.453. The van der Waals surface area contributed by atoms with Crippen LogP contribution in [0.1, 0.15) is 30.3 Å². The molecular weight excluding hydrogens is 349 g/mol. The first kappa shape index (κ1) is 17.3. The average Bonchev–Trinajstić information content (AvgIpc) is 3.15. The molecule has 0 aliphatic rings. The van der Waals surface area contributed by atoms with Gasteiger partial charge in [0.25, 0.3) is 0 Å². The van der Waals surface area contributed by atoms with E-state index in [1.54, 1.807) is 26.0 Å². The summed E-state index contributed by atoms with van der Waals surface area (Å²) < 4.78 is 51.0. The SMILES string of the molecule is Cc1noc(C)c1S(=O)(=O)NC(C)c1ncc(-c2ccc(F)cc2)o1. The largest absolute Gasteiger partial charge is 0.439 e. The number of rotatable bonds is 5. The molecule has 9 heteroatoms. The molecule has 3 rings (SSSR count). The molecule has 3 aromatic rings. The van der Waals surface area contributed by atoms with Gasteiger partial charge >= 0.3 is 0 Å². The molecule has 0 saturated heterocycles. The third kappa shape index (κ3) is 3.47. The summed E-state index contributed by atoms with van der Waals surface area (Å²) in [4.78, 5) is 4.10. The van der Waals surface area contributed by atoms with Crippen molar-refractivity contribution < 1.29 is 21.7 Å². The van der Waals surface area contributed by atoms with Gasteiger partial charge in [-0.2, -0.15) is 4.72 Å². The fourth-order valence-electron chi connectivity index (χ4n) is 2.44. The van der Waals surface area contributed by atoms with E-state index in [2.05, 4.69) is 14.9 Å². The minimum Gasteiger partial charge on any atom is -0.439 e. The van der Waals surface area contributed by atoms with Crippen LogP contribution in [0.2, 0.25) is 0 Å². The topological polar surface area (TPSA) is 98.2 Å². The number of hydrogen-bond donors (Lipinski definition) is 1. The molecule has 1 atom stereocenters. The van der Waals surface area contributed by atoms with Gasteiger partial charge in [-0.25, -0.2) is 17.8 Å². The Morgan fingerprint density at radius 1 is 1.20 bits per heavy atom. The number of benzene rings is 1. The second kappa shape index (κ2) is 6.41. The Bertz CT molecular complexity index is 973. The van der Waals surface area contributed by atoms with E-state index >= 15 is 0 Å². The molecule has 1 unspecified atom stereocenters. The molecule has 1 N–H and O–H groups in total. The Kier molecular flexibility index (Phi) is 4.44. The molecule has 1 aromatic carbocycles. The summed E-state index contributed by atoms with van der Waals surface area (Å²) in [6.07, 6.45) is 1.46. The normalized spacial score (nSPS) is 13.1. The third-order valence-corrected chi connectivity index (χ3v) is 5.38. The predicted molar refractivity (Wildman–Crippen MR) is 86.6 cm³/mol. The van der Waals surface area contributed by atoms with E-state index in [-0.39, 0.29) is 28.1 Å². The molecule has 2 aromatic heterocycles. The van der Waals surface area contributed by atoms with Crippen LogP contribution in [-0.2, 0) is 10.0 Å². The molecule has 132 valence electrons. The second-order valence-electron chi connectivity index (χ2n) is 5.57. The van der Waals surface area contributed by atoms with Crippen LogP contribution in [0.15, 0.2) is 44.3 Å². The third-order valence-electron chi connectivity index (χ3n) is 3.59. The smallest absolute Gasteiger partial charge is 0.246 e. The molecule has 2 heterocycles. The van der Waals surface area contributed by atoms with Crippen molar-refractivity contribution in [3.8, 4) is 11.3 Å². The molecule has 0 radical (unpaired) electrons. The molecule has 0 saturated carbocycles. The lowest BCUT2D eigenvalue weighted by Crippen LogP contribution is -2.27. The maximum atomic E-state index is 13.0. The van der Waals surface area contributed by atoms with Crippen LogP contribution < -0.4 is 4.72 Å². The zero-order chi connectivity index (χ0) is 18.2. The van der Waals surface area contributed by atoms with Crippen LogP contribution >= 0.6 is 0 Å². The molecule has 0 fully saturated rings. The molecule has 0 amide bonds. The number of hydrogen-bond acceptors (Lipinski definition) is 6. The minimum atomic E-state index is -3.84. The Morgan fingerprint density at radius 3 is 2.48 bits per heavy atom. The lowest BCUT2D eigenvalue weighted by molar-refractivity contribution is 0.390. The number of oxazole rings is 1. The van der Waals surface area contributed by atoms with Crippen molar-refractivity contribution in [1.29, 1.82) is 0 Å². The molecule has 0 aliphatic carbocycles. The maximum absolute atomic E-state index is 13.0. The monoisotopic (exact) mass is 365 g/mol. The van der Waals surface area contributed by atoms with Crippen molar-refractivity contribution in [2.45, 2.75) is 31.7 Å². The highest BCUT2D eigenvalue weighted by atomic mass is 32.2. The molecule has 0 aliphatic heterocycles. The number of nitrogens with zero attached hydrogens (tertiary/aromatic N) is 2. The summed E-state index contributed by atoms with van der Waals surface area (Å²) in [7, 11) is -3.84. The lowest BCUT2D eigenvalue weighted by atomic mass is 10.2. The number of nitrogens with one attached hydrogen (secondary N) is 1. The first-order chi connectivity index (χ1) is 11.8. The van der Waals surface area contributed by atoms with Gasteiger partial charge in [-0.15, -0.1) is 0 Å². The zero-order valence-electron chi connectivity index (χ0n) is 13.8. The van der Waals surface area contributed by atoms with Crippen molar-refractivity contribution in [3.05, 3.63) is 53.6 Å². The van der Waals surface area contributed by atoms with Crippen LogP contribution in [-0.4, -0.2) is 18.6 Å². The van der Waals surface area contributed by atoms with Gasteiger partial charge < -0.3 is 8.94 Å². The van der Waals surface area contributed by atoms with Gasteiger partial charge in [0.1, 0.15) is 16.4 Å². The van der Waals surface area contributed by atoms with Gasteiger partial charge in [0.05, 0.1) is 12.2 Å². The van der Waals surface area contributed by atoms with E-state index in [0.717, 1.165) is 0 Å².